The van der Waals surface area contributed by atoms with E-state index >= 15 is 0 Å². The average molecular weight is 262 g/mol. The van der Waals surface area contributed by atoms with Crippen LogP contribution in [-0.4, -0.2) is 23.1 Å². The number of hydrogen-bond donors (Lipinski definition) is 1. The first kappa shape index (κ1) is 12.6. The van der Waals surface area contributed by atoms with Crippen molar-refractivity contribution in [3.8, 4) is 0 Å². The molecule has 2 rings (SSSR count). The maximum absolute atomic E-state index is 10.8. The van der Waals surface area contributed by atoms with Crippen molar-refractivity contribution in [2.45, 2.75) is 13.8 Å². The minimum atomic E-state index is -0.994. The zero-order valence-corrected chi connectivity index (χ0v) is 11.3. The van der Waals surface area contributed by atoms with Gasteiger partial charge in [0, 0.05) is 18.1 Å². The average Bonchev–Trinajstić information content (AvgIpc) is 2.75. The Morgan fingerprint density at radius 2 is 1.89 bits per heavy atom. The van der Waals surface area contributed by atoms with E-state index in [0.717, 1.165) is 5.69 Å². The van der Waals surface area contributed by atoms with Crippen molar-refractivity contribution in [1.29, 1.82) is 0 Å². The Bertz CT molecular complexity index is 572. The second-order valence-electron chi connectivity index (χ2n) is 4.23. The van der Waals surface area contributed by atoms with Crippen LogP contribution in [0, 0.1) is 13.8 Å². The summed E-state index contributed by atoms with van der Waals surface area (Å²) in [4.78, 5) is 16.8. The fourth-order valence-corrected chi connectivity index (χ4v) is 2.56. The standard InChI is InChI=1S/C13H14N2O2S/c1-8-4-9(2)6-10(5-8)15(3)13-14-11(7-18-13)12(16)17/h4-7H,1-3H3,(H,16,17). The molecule has 0 aliphatic carbocycles. The fourth-order valence-electron chi connectivity index (χ4n) is 1.77. The molecule has 1 N–H and O–H groups in total. The highest BCUT2D eigenvalue weighted by atomic mass is 32.1. The van der Waals surface area contributed by atoms with Crippen LogP contribution >= 0.6 is 11.3 Å². The number of hydrogen-bond acceptors (Lipinski definition) is 4. The molecule has 18 heavy (non-hydrogen) atoms. The minimum absolute atomic E-state index is 0.0891. The van der Waals surface area contributed by atoms with E-state index in [4.69, 9.17) is 5.11 Å². The van der Waals surface area contributed by atoms with E-state index in [1.54, 1.807) is 5.38 Å². The number of nitrogens with zero attached hydrogens (tertiary/aromatic N) is 2. The first-order valence-electron chi connectivity index (χ1n) is 5.48. The molecule has 0 unspecified atom stereocenters. The van der Waals surface area contributed by atoms with Gasteiger partial charge in [-0.3, -0.25) is 0 Å². The van der Waals surface area contributed by atoms with Crippen LogP contribution in [0.25, 0.3) is 0 Å². The van der Waals surface area contributed by atoms with Crippen LogP contribution < -0.4 is 4.90 Å². The lowest BCUT2D eigenvalue weighted by Gasteiger charge is -2.17. The van der Waals surface area contributed by atoms with Crippen molar-refractivity contribution in [3.05, 3.63) is 40.4 Å². The number of carbonyl (C=O) groups is 1. The summed E-state index contributed by atoms with van der Waals surface area (Å²) in [6, 6.07) is 6.20. The number of aromatic carboxylic acids is 1. The second kappa shape index (κ2) is 4.78. The molecule has 0 bridgehead atoms. The Morgan fingerprint density at radius 3 is 2.39 bits per heavy atom. The molecular formula is C13H14N2O2S. The quantitative estimate of drug-likeness (QED) is 0.922. The lowest BCUT2D eigenvalue weighted by molar-refractivity contribution is 0.0691. The molecule has 5 heteroatoms. The number of carboxylic acids is 1. The summed E-state index contributed by atoms with van der Waals surface area (Å²) in [5, 5.41) is 11.1. The van der Waals surface area contributed by atoms with Gasteiger partial charge in [0.15, 0.2) is 10.8 Å². The topological polar surface area (TPSA) is 53.4 Å². The monoisotopic (exact) mass is 262 g/mol. The lowest BCUT2D eigenvalue weighted by atomic mass is 10.1. The van der Waals surface area contributed by atoms with Gasteiger partial charge in [-0.25, -0.2) is 9.78 Å². The van der Waals surface area contributed by atoms with Gasteiger partial charge in [-0.1, -0.05) is 6.07 Å². The largest absolute Gasteiger partial charge is 0.476 e. The van der Waals surface area contributed by atoms with Gasteiger partial charge in [0.2, 0.25) is 0 Å². The van der Waals surface area contributed by atoms with Gasteiger partial charge in [0.25, 0.3) is 0 Å². The molecule has 1 heterocycles. The van der Waals surface area contributed by atoms with Gasteiger partial charge in [-0.05, 0) is 37.1 Å². The Kier molecular flexibility index (Phi) is 3.34. The minimum Gasteiger partial charge on any atom is -0.476 e. The van der Waals surface area contributed by atoms with Crippen LogP contribution in [0.15, 0.2) is 23.6 Å². The Morgan fingerprint density at radius 1 is 1.28 bits per heavy atom. The fraction of sp³-hybridized carbons (Fsp3) is 0.231. The number of aryl methyl sites for hydroxylation is 2. The number of anilines is 2. The van der Waals surface area contributed by atoms with E-state index in [2.05, 4.69) is 23.2 Å². The van der Waals surface area contributed by atoms with E-state index in [0.29, 0.717) is 5.13 Å². The molecule has 0 aliphatic heterocycles. The summed E-state index contributed by atoms with van der Waals surface area (Å²) in [5.74, 6) is -0.994. The van der Waals surface area contributed by atoms with Crippen LogP contribution in [-0.2, 0) is 0 Å². The summed E-state index contributed by atoms with van der Waals surface area (Å²) in [6.45, 7) is 4.07. The molecule has 2 aromatic rings. The van der Waals surface area contributed by atoms with E-state index in [9.17, 15) is 4.79 Å². The van der Waals surface area contributed by atoms with Gasteiger partial charge >= 0.3 is 5.97 Å². The summed E-state index contributed by atoms with van der Waals surface area (Å²) in [5.41, 5.74) is 3.45. The number of aromatic nitrogens is 1. The number of rotatable bonds is 3. The zero-order valence-electron chi connectivity index (χ0n) is 10.5. The first-order valence-corrected chi connectivity index (χ1v) is 6.36. The van der Waals surface area contributed by atoms with Gasteiger partial charge in [-0.15, -0.1) is 11.3 Å². The molecule has 0 radical (unpaired) electrons. The van der Waals surface area contributed by atoms with E-state index in [1.165, 1.54) is 22.5 Å². The molecule has 0 spiro atoms. The Balaban J connectivity index is 2.34. The van der Waals surface area contributed by atoms with Crippen molar-refractivity contribution in [2.24, 2.45) is 0 Å². The summed E-state index contributed by atoms with van der Waals surface area (Å²) in [7, 11) is 1.89. The predicted molar refractivity (Wildman–Crippen MR) is 73.1 cm³/mol. The highest BCUT2D eigenvalue weighted by molar-refractivity contribution is 7.14. The van der Waals surface area contributed by atoms with Crippen molar-refractivity contribution in [3.63, 3.8) is 0 Å². The predicted octanol–water partition coefficient (Wildman–Crippen LogP) is 3.23. The van der Waals surface area contributed by atoms with Gasteiger partial charge in [-0.2, -0.15) is 0 Å². The Labute approximate surface area is 110 Å². The normalized spacial score (nSPS) is 10.4. The maximum Gasteiger partial charge on any atom is 0.355 e. The highest BCUT2D eigenvalue weighted by Crippen LogP contribution is 2.28. The molecule has 0 atom stereocenters. The van der Waals surface area contributed by atoms with E-state index in [-0.39, 0.29) is 5.69 Å². The smallest absolute Gasteiger partial charge is 0.355 e. The summed E-state index contributed by atoms with van der Waals surface area (Å²) >= 11 is 1.33. The van der Waals surface area contributed by atoms with Crippen LogP contribution in [0.3, 0.4) is 0 Å². The van der Waals surface area contributed by atoms with E-state index < -0.39 is 5.97 Å². The van der Waals surface area contributed by atoms with Crippen LogP contribution in [0.4, 0.5) is 10.8 Å². The van der Waals surface area contributed by atoms with Crippen LogP contribution in [0.5, 0.6) is 0 Å². The van der Waals surface area contributed by atoms with Crippen molar-refractivity contribution in [2.75, 3.05) is 11.9 Å². The number of benzene rings is 1. The Hall–Kier alpha value is -1.88. The first-order chi connectivity index (χ1) is 8.47. The number of carboxylic acid groups (broad SMARTS) is 1. The van der Waals surface area contributed by atoms with Gasteiger partial charge in [0.05, 0.1) is 0 Å². The molecule has 94 valence electrons. The second-order valence-corrected chi connectivity index (χ2v) is 5.06. The highest BCUT2D eigenvalue weighted by Gasteiger charge is 2.13. The molecule has 0 aliphatic rings. The molecule has 0 fully saturated rings. The van der Waals surface area contributed by atoms with Gasteiger partial charge in [0.1, 0.15) is 0 Å². The van der Waals surface area contributed by atoms with Crippen LogP contribution in [0.1, 0.15) is 21.6 Å². The maximum atomic E-state index is 10.8. The summed E-state index contributed by atoms with van der Waals surface area (Å²) < 4.78 is 0. The van der Waals surface area contributed by atoms with Crippen molar-refractivity contribution >= 4 is 28.1 Å². The molecule has 0 saturated carbocycles. The van der Waals surface area contributed by atoms with E-state index in [1.807, 2.05) is 25.8 Å². The molecule has 1 aromatic carbocycles. The van der Waals surface area contributed by atoms with Gasteiger partial charge < -0.3 is 10.0 Å². The third kappa shape index (κ3) is 2.51. The lowest BCUT2D eigenvalue weighted by Crippen LogP contribution is -2.10. The van der Waals surface area contributed by atoms with Crippen molar-refractivity contribution in [1.82, 2.24) is 4.98 Å². The molecule has 4 nitrogen and oxygen atoms in total. The third-order valence-corrected chi connectivity index (χ3v) is 3.51. The van der Waals surface area contributed by atoms with Crippen molar-refractivity contribution < 1.29 is 9.90 Å². The molecule has 0 saturated heterocycles. The molecule has 0 amide bonds. The third-order valence-electron chi connectivity index (χ3n) is 2.59. The van der Waals surface area contributed by atoms with Crippen LogP contribution in [0.2, 0.25) is 0 Å². The molecular weight excluding hydrogens is 248 g/mol. The SMILES string of the molecule is Cc1cc(C)cc(N(C)c2nc(C(=O)O)cs2)c1. The number of thiazole rings is 1. The zero-order chi connectivity index (χ0) is 13.3. The summed E-state index contributed by atoms with van der Waals surface area (Å²) in [6.07, 6.45) is 0. The molecule has 1 aromatic heterocycles.